The predicted octanol–water partition coefficient (Wildman–Crippen LogP) is 3.51. The fourth-order valence-corrected chi connectivity index (χ4v) is 7.91. The second kappa shape index (κ2) is 5.94. The molecule has 0 saturated heterocycles. The molecular formula is C25H26N4O2. The Morgan fingerprint density at radius 1 is 1.16 bits per heavy atom. The Hall–Kier alpha value is -2.73. The zero-order valence-corrected chi connectivity index (χ0v) is 17.4. The lowest BCUT2D eigenvalue weighted by atomic mass is 9.56. The highest BCUT2D eigenvalue weighted by Crippen LogP contribution is 2.76. The number of carbonyl (C=O) groups is 1. The maximum Gasteiger partial charge on any atom is 0.272 e. The summed E-state index contributed by atoms with van der Waals surface area (Å²) in [6.45, 7) is 0. The Kier molecular flexibility index (Phi) is 3.43. The van der Waals surface area contributed by atoms with Crippen LogP contribution in [0.3, 0.4) is 0 Å². The third-order valence-electron chi connectivity index (χ3n) is 8.88. The molecule has 3 aromatic rings. The van der Waals surface area contributed by atoms with Crippen molar-refractivity contribution in [2.75, 3.05) is 0 Å². The number of aliphatic hydroxyl groups excluding tert-OH is 1. The molecule has 1 spiro atoms. The van der Waals surface area contributed by atoms with E-state index in [1.165, 1.54) is 19.3 Å². The molecule has 3 bridgehead atoms. The van der Waals surface area contributed by atoms with E-state index >= 15 is 0 Å². The van der Waals surface area contributed by atoms with E-state index in [9.17, 15) is 9.90 Å². The number of aliphatic hydroxyl groups is 1. The zero-order valence-electron chi connectivity index (χ0n) is 17.4. The van der Waals surface area contributed by atoms with Crippen LogP contribution in [0.2, 0.25) is 0 Å². The standard InChI is InChI=1S/C25H26N4O2/c30-21(16-4-3-6-26-13-16)22-27-20(19-5-1-2-7-29(19)22)23(31)28-24-10-15-8-17-9-18(12-24)25(17,11-15)14-24/h1-7,13,15,17-18,21,30H,8-12,14H2,(H,28,31). The maximum atomic E-state index is 13.6. The Labute approximate surface area is 180 Å². The largest absolute Gasteiger partial charge is 0.380 e. The first kappa shape index (κ1) is 17.9. The van der Waals surface area contributed by atoms with Crippen molar-refractivity contribution in [2.45, 2.75) is 50.2 Å². The fraction of sp³-hybridized carbons (Fsp3) is 0.480. The predicted molar refractivity (Wildman–Crippen MR) is 114 cm³/mol. The lowest BCUT2D eigenvalue weighted by molar-refractivity contribution is -0.000693. The minimum absolute atomic E-state index is 0.0667. The molecule has 2 N–H and O–H groups in total. The second-order valence-corrected chi connectivity index (χ2v) is 10.5. The summed E-state index contributed by atoms with van der Waals surface area (Å²) in [5.74, 6) is 2.81. The van der Waals surface area contributed by atoms with Crippen molar-refractivity contribution in [1.82, 2.24) is 19.7 Å². The number of fused-ring (bicyclic) bond motifs is 3. The van der Waals surface area contributed by atoms with Gasteiger partial charge >= 0.3 is 0 Å². The van der Waals surface area contributed by atoms with E-state index in [4.69, 9.17) is 0 Å². The van der Waals surface area contributed by atoms with Gasteiger partial charge in [-0.15, -0.1) is 0 Å². The van der Waals surface area contributed by atoms with E-state index in [-0.39, 0.29) is 11.4 Å². The molecule has 158 valence electrons. The molecule has 0 aliphatic heterocycles. The molecule has 6 nitrogen and oxygen atoms in total. The molecule has 4 aliphatic carbocycles. The van der Waals surface area contributed by atoms with Crippen LogP contribution in [0.5, 0.6) is 0 Å². The van der Waals surface area contributed by atoms with Crippen molar-refractivity contribution in [3.63, 3.8) is 0 Å². The molecule has 1 amide bonds. The van der Waals surface area contributed by atoms with Crippen LogP contribution in [-0.2, 0) is 0 Å². The topological polar surface area (TPSA) is 79.5 Å². The molecule has 4 aliphatic rings. The van der Waals surface area contributed by atoms with Crippen molar-refractivity contribution in [3.05, 3.63) is 66.0 Å². The van der Waals surface area contributed by atoms with Crippen LogP contribution in [0.4, 0.5) is 0 Å². The fourth-order valence-electron chi connectivity index (χ4n) is 7.91. The number of imidazole rings is 1. The molecule has 6 heteroatoms. The highest BCUT2D eigenvalue weighted by molar-refractivity contribution is 5.99. The summed E-state index contributed by atoms with van der Waals surface area (Å²) in [5, 5.41) is 14.4. The summed E-state index contributed by atoms with van der Waals surface area (Å²) >= 11 is 0. The van der Waals surface area contributed by atoms with Gasteiger partial charge in [0, 0.05) is 29.7 Å². The van der Waals surface area contributed by atoms with Crippen LogP contribution >= 0.6 is 0 Å². The van der Waals surface area contributed by atoms with Gasteiger partial charge in [0.1, 0.15) is 11.9 Å². The van der Waals surface area contributed by atoms with Crippen molar-refractivity contribution in [3.8, 4) is 0 Å². The molecule has 6 unspecified atom stereocenters. The quantitative estimate of drug-likeness (QED) is 0.685. The van der Waals surface area contributed by atoms with Crippen LogP contribution in [-0.4, -0.2) is 30.9 Å². The number of aromatic nitrogens is 3. The Morgan fingerprint density at radius 2 is 2.10 bits per heavy atom. The number of nitrogens with one attached hydrogen (secondary N) is 1. The van der Waals surface area contributed by atoms with Crippen molar-refractivity contribution in [2.24, 2.45) is 23.2 Å². The normalized spacial score (nSPS) is 35.7. The van der Waals surface area contributed by atoms with E-state index in [0.717, 1.165) is 42.5 Å². The van der Waals surface area contributed by atoms with Crippen LogP contribution in [0.1, 0.15) is 66.5 Å². The van der Waals surface area contributed by atoms with Crippen molar-refractivity contribution >= 4 is 11.4 Å². The minimum atomic E-state index is -0.948. The third-order valence-corrected chi connectivity index (χ3v) is 8.88. The zero-order chi connectivity index (χ0) is 20.8. The molecule has 0 radical (unpaired) electrons. The first-order valence-corrected chi connectivity index (χ1v) is 11.4. The summed E-state index contributed by atoms with van der Waals surface area (Å²) in [7, 11) is 0. The van der Waals surface area contributed by atoms with Gasteiger partial charge in [0.15, 0.2) is 5.69 Å². The molecule has 0 aromatic carbocycles. The highest BCUT2D eigenvalue weighted by Gasteiger charge is 2.71. The van der Waals surface area contributed by atoms with Gasteiger partial charge in [0.2, 0.25) is 0 Å². The summed E-state index contributed by atoms with van der Waals surface area (Å²) in [5.41, 5.74) is 2.24. The Balaban J connectivity index is 1.25. The smallest absolute Gasteiger partial charge is 0.272 e. The molecule has 6 atom stereocenters. The molecule has 4 fully saturated rings. The molecule has 7 rings (SSSR count). The highest BCUT2D eigenvalue weighted by atomic mass is 16.3. The number of carbonyl (C=O) groups excluding carboxylic acids is 1. The number of hydrogen-bond donors (Lipinski definition) is 2. The van der Waals surface area contributed by atoms with Crippen LogP contribution < -0.4 is 5.32 Å². The van der Waals surface area contributed by atoms with Crippen molar-refractivity contribution < 1.29 is 9.90 Å². The molecular weight excluding hydrogens is 388 g/mol. The van der Waals surface area contributed by atoms with Gasteiger partial charge in [-0.25, -0.2) is 4.98 Å². The number of pyridine rings is 2. The van der Waals surface area contributed by atoms with Gasteiger partial charge in [0.05, 0.1) is 5.52 Å². The van der Waals surface area contributed by atoms with Gasteiger partial charge in [-0.05, 0) is 79.9 Å². The number of nitrogens with zero attached hydrogens (tertiary/aromatic N) is 3. The summed E-state index contributed by atoms with van der Waals surface area (Å²) in [6, 6.07) is 9.31. The van der Waals surface area contributed by atoms with E-state index in [0.29, 0.717) is 22.5 Å². The SMILES string of the molecule is O=C(NC12CC3CC4CC(C1)C4(C3)C2)c1nc(C(O)c2cccnc2)n2ccccc12. The summed E-state index contributed by atoms with van der Waals surface area (Å²) in [6.07, 6.45) is 11.7. The van der Waals surface area contributed by atoms with E-state index in [1.54, 1.807) is 18.5 Å². The lowest BCUT2D eigenvalue weighted by Gasteiger charge is -2.49. The van der Waals surface area contributed by atoms with Gasteiger partial charge < -0.3 is 14.8 Å². The van der Waals surface area contributed by atoms with Gasteiger partial charge in [0.25, 0.3) is 5.91 Å². The van der Waals surface area contributed by atoms with Crippen LogP contribution in [0.25, 0.3) is 5.52 Å². The van der Waals surface area contributed by atoms with Crippen LogP contribution in [0.15, 0.2) is 48.9 Å². The first-order chi connectivity index (χ1) is 15.1. The third kappa shape index (κ3) is 2.34. The first-order valence-electron chi connectivity index (χ1n) is 11.4. The van der Waals surface area contributed by atoms with Gasteiger partial charge in [-0.3, -0.25) is 9.78 Å². The monoisotopic (exact) mass is 414 g/mol. The number of hydrogen-bond acceptors (Lipinski definition) is 4. The summed E-state index contributed by atoms with van der Waals surface area (Å²) < 4.78 is 1.82. The molecule has 4 saturated carbocycles. The Bertz CT molecular complexity index is 1200. The maximum absolute atomic E-state index is 13.6. The number of amides is 1. The molecule has 3 aromatic heterocycles. The van der Waals surface area contributed by atoms with E-state index in [2.05, 4.69) is 15.3 Å². The van der Waals surface area contributed by atoms with Gasteiger partial charge in [-0.2, -0.15) is 0 Å². The van der Waals surface area contributed by atoms with Crippen LogP contribution in [0, 0.1) is 23.2 Å². The second-order valence-electron chi connectivity index (χ2n) is 10.5. The molecule has 31 heavy (non-hydrogen) atoms. The van der Waals surface area contributed by atoms with Gasteiger partial charge in [-0.1, -0.05) is 12.1 Å². The number of rotatable bonds is 4. The van der Waals surface area contributed by atoms with Crippen molar-refractivity contribution in [1.29, 1.82) is 0 Å². The lowest BCUT2D eigenvalue weighted by Crippen LogP contribution is -2.50. The average molecular weight is 415 g/mol. The van der Waals surface area contributed by atoms with E-state index < -0.39 is 6.10 Å². The average Bonchev–Trinajstić information content (AvgIpc) is 3.32. The minimum Gasteiger partial charge on any atom is -0.380 e. The molecule has 3 heterocycles. The van der Waals surface area contributed by atoms with E-state index in [1.807, 2.05) is 34.9 Å². The summed E-state index contributed by atoms with van der Waals surface area (Å²) in [4.78, 5) is 22.3. The Morgan fingerprint density at radius 3 is 2.97 bits per heavy atom.